The highest BCUT2D eigenvalue weighted by molar-refractivity contribution is 5.53. The largest absolute Gasteiger partial charge is 0.403 e. The number of non-ortho nitro benzene ring substituents is 1. The maximum absolute atomic E-state index is 11.0. The molecule has 0 radical (unpaired) electrons. The number of nitro benzene ring substituents is 1. The van der Waals surface area contributed by atoms with Crippen LogP contribution in [0.4, 0.5) is 17.4 Å². The molecule has 1 N–H and O–H groups in total. The van der Waals surface area contributed by atoms with Crippen molar-refractivity contribution in [2.24, 2.45) is 11.8 Å². The number of hydrogen-bond donors (Lipinski definition) is 1. The third-order valence-corrected chi connectivity index (χ3v) is 7.24. The van der Waals surface area contributed by atoms with Gasteiger partial charge in [0.2, 0.25) is 5.89 Å². The summed E-state index contributed by atoms with van der Waals surface area (Å²) in [4.78, 5) is 13.0. The Labute approximate surface area is 199 Å². The van der Waals surface area contributed by atoms with Gasteiger partial charge in [-0.2, -0.15) is 0 Å². The van der Waals surface area contributed by atoms with E-state index in [1.54, 1.807) is 12.1 Å². The minimum absolute atomic E-state index is 0.143. The lowest BCUT2D eigenvalue weighted by Crippen LogP contribution is -2.39. The zero-order chi connectivity index (χ0) is 23.3. The van der Waals surface area contributed by atoms with Crippen LogP contribution >= 0.6 is 0 Å². The van der Waals surface area contributed by atoms with Gasteiger partial charge in [0.15, 0.2) is 0 Å². The van der Waals surface area contributed by atoms with E-state index in [9.17, 15) is 10.1 Å². The molecule has 3 aromatic rings. The normalized spacial score (nSPS) is 22.9. The lowest BCUT2D eigenvalue weighted by Gasteiger charge is -2.39. The molecule has 1 saturated heterocycles. The SMILES string of the molecule is O=[N+]([O-])c1ccc(N2CCC[C@H](C[C@@H]3CCCC[C@H]3Nc3nnc(-c4ccccc4)o3)C2)cc1. The molecule has 1 aliphatic heterocycles. The Hall–Kier alpha value is -3.42. The number of piperidine rings is 1. The highest BCUT2D eigenvalue weighted by Gasteiger charge is 2.31. The first-order chi connectivity index (χ1) is 16.7. The van der Waals surface area contributed by atoms with Gasteiger partial charge in [0.25, 0.3) is 5.69 Å². The predicted octanol–water partition coefficient (Wildman–Crippen LogP) is 5.92. The second-order valence-corrected chi connectivity index (χ2v) is 9.54. The number of nitrogens with one attached hydrogen (secondary N) is 1. The van der Waals surface area contributed by atoms with Crippen LogP contribution in [0.25, 0.3) is 11.5 Å². The number of aromatic nitrogens is 2. The maximum Gasteiger partial charge on any atom is 0.315 e. The average Bonchev–Trinajstić information content (AvgIpc) is 3.35. The second kappa shape index (κ2) is 10.2. The molecule has 0 unspecified atom stereocenters. The topological polar surface area (TPSA) is 97.3 Å². The molecule has 2 aromatic carbocycles. The summed E-state index contributed by atoms with van der Waals surface area (Å²) < 4.78 is 5.92. The van der Waals surface area contributed by atoms with Gasteiger partial charge in [0, 0.05) is 42.5 Å². The van der Waals surface area contributed by atoms with Gasteiger partial charge in [0.1, 0.15) is 0 Å². The Kier molecular flexibility index (Phi) is 6.74. The number of anilines is 2. The van der Waals surface area contributed by atoms with E-state index in [2.05, 4.69) is 20.4 Å². The Morgan fingerprint density at radius 1 is 1.00 bits per heavy atom. The number of benzene rings is 2. The third-order valence-electron chi connectivity index (χ3n) is 7.24. The van der Waals surface area contributed by atoms with Crippen molar-refractivity contribution < 1.29 is 9.34 Å². The van der Waals surface area contributed by atoms with E-state index in [0.717, 1.165) is 37.2 Å². The quantitative estimate of drug-likeness (QED) is 0.344. The van der Waals surface area contributed by atoms with Crippen LogP contribution in [0, 0.1) is 22.0 Å². The predicted molar refractivity (Wildman–Crippen MR) is 132 cm³/mol. The van der Waals surface area contributed by atoms with Crippen LogP contribution in [0.5, 0.6) is 0 Å². The molecule has 2 aliphatic rings. The first kappa shape index (κ1) is 22.4. The molecule has 2 fully saturated rings. The number of nitro groups is 1. The van der Waals surface area contributed by atoms with Gasteiger partial charge in [-0.15, -0.1) is 5.10 Å². The lowest BCUT2D eigenvalue weighted by molar-refractivity contribution is -0.384. The summed E-state index contributed by atoms with van der Waals surface area (Å²) in [7, 11) is 0. The van der Waals surface area contributed by atoms with Crippen LogP contribution in [-0.2, 0) is 0 Å². The highest BCUT2D eigenvalue weighted by Crippen LogP contribution is 2.35. The van der Waals surface area contributed by atoms with Crippen LogP contribution in [0.2, 0.25) is 0 Å². The summed E-state index contributed by atoms with van der Waals surface area (Å²) in [5, 5.41) is 23.0. The molecular weight excluding hydrogens is 430 g/mol. The van der Waals surface area contributed by atoms with E-state index in [1.165, 1.54) is 32.1 Å². The number of rotatable bonds is 7. The van der Waals surface area contributed by atoms with Crippen LogP contribution in [0.1, 0.15) is 44.9 Å². The second-order valence-electron chi connectivity index (χ2n) is 9.54. The van der Waals surface area contributed by atoms with E-state index >= 15 is 0 Å². The standard InChI is InChI=1S/C26H31N5O3/c32-31(33)23-14-12-22(13-15-23)30-16-6-7-19(18-30)17-21-10-4-5-11-24(21)27-26-29-28-25(34-26)20-8-2-1-3-9-20/h1-3,8-9,12-15,19,21,24H,4-7,10-11,16-18H2,(H,27,29)/t19-,21+,24-/m1/s1. The summed E-state index contributed by atoms with van der Waals surface area (Å²) in [6.07, 6.45) is 8.36. The van der Waals surface area contributed by atoms with Crippen molar-refractivity contribution in [3.63, 3.8) is 0 Å². The molecule has 178 valence electrons. The Morgan fingerprint density at radius 3 is 2.59 bits per heavy atom. The van der Waals surface area contributed by atoms with Crippen molar-refractivity contribution in [2.45, 2.75) is 51.0 Å². The molecule has 1 saturated carbocycles. The Morgan fingerprint density at radius 2 is 1.79 bits per heavy atom. The molecule has 2 heterocycles. The number of hydrogen-bond acceptors (Lipinski definition) is 7. The van der Waals surface area contributed by atoms with E-state index in [4.69, 9.17) is 4.42 Å². The van der Waals surface area contributed by atoms with Gasteiger partial charge in [-0.05, 0) is 68.2 Å². The van der Waals surface area contributed by atoms with E-state index in [1.807, 2.05) is 42.5 Å². The molecule has 3 atom stereocenters. The van der Waals surface area contributed by atoms with Crippen LogP contribution in [0.15, 0.2) is 59.0 Å². The van der Waals surface area contributed by atoms with Gasteiger partial charge in [-0.25, -0.2) is 0 Å². The minimum atomic E-state index is -0.342. The molecule has 5 rings (SSSR count). The first-order valence-corrected chi connectivity index (χ1v) is 12.3. The van der Waals surface area contributed by atoms with Crippen molar-refractivity contribution in [1.82, 2.24) is 10.2 Å². The molecule has 34 heavy (non-hydrogen) atoms. The summed E-state index contributed by atoms with van der Waals surface area (Å²) in [6, 6.07) is 17.7. The van der Waals surface area contributed by atoms with Gasteiger partial charge >= 0.3 is 6.01 Å². The van der Waals surface area contributed by atoms with E-state index < -0.39 is 0 Å². The lowest BCUT2D eigenvalue weighted by atomic mass is 9.77. The monoisotopic (exact) mass is 461 g/mol. The Balaban J connectivity index is 1.21. The fourth-order valence-electron chi connectivity index (χ4n) is 5.52. The van der Waals surface area contributed by atoms with Crippen LogP contribution < -0.4 is 10.2 Å². The molecule has 8 heteroatoms. The summed E-state index contributed by atoms with van der Waals surface area (Å²) in [6.45, 7) is 2.00. The highest BCUT2D eigenvalue weighted by atomic mass is 16.6. The van der Waals surface area contributed by atoms with Gasteiger partial charge < -0.3 is 14.6 Å². The molecule has 1 aliphatic carbocycles. The third kappa shape index (κ3) is 5.21. The van der Waals surface area contributed by atoms with Crippen LogP contribution in [-0.4, -0.2) is 34.3 Å². The molecule has 0 bridgehead atoms. The Bertz CT molecular complexity index is 1090. The fraction of sp³-hybridized carbons (Fsp3) is 0.462. The van der Waals surface area contributed by atoms with Crippen molar-refractivity contribution in [2.75, 3.05) is 23.3 Å². The molecule has 0 spiro atoms. The van der Waals surface area contributed by atoms with Gasteiger partial charge in [-0.3, -0.25) is 10.1 Å². The zero-order valence-corrected chi connectivity index (χ0v) is 19.3. The van der Waals surface area contributed by atoms with Crippen molar-refractivity contribution in [3.05, 3.63) is 64.7 Å². The van der Waals surface area contributed by atoms with Crippen LogP contribution in [0.3, 0.4) is 0 Å². The summed E-state index contributed by atoms with van der Waals surface area (Å²) >= 11 is 0. The smallest absolute Gasteiger partial charge is 0.315 e. The van der Waals surface area contributed by atoms with E-state index in [0.29, 0.717) is 29.8 Å². The maximum atomic E-state index is 11.0. The summed E-state index contributed by atoms with van der Waals surface area (Å²) in [5.41, 5.74) is 2.15. The van der Waals surface area contributed by atoms with E-state index in [-0.39, 0.29) is 10.6 Å². The van der Waals surface area contributed by atoms with Crippen molar-refractivity contribution >= 4 is 17.4 Å². The molecule has 1 aromatic heterocycles. The van der Waals surface area contributed by atoms with Gasteiger partial charge in [-0.1, -0.05) is 36.1 Å². The molecule has 0 amide bonds. The first-order valence-electron chi connectivity index (χ1n) is 12.3. The number of nitrogens with zero attached hydrogens (tertiary/aromatic N) is 4. The average molecular weight is 462 g/mol. The van der Waals surface area contributed by atoms with Crippen molar-refractivity contribution in [1.29, 1.82) is 0 Å². The minimum Gasteiger partial charge on any atom is -0.403 e. The van der Waals surface area contributed by atoms with Gasteiger partial charge in [0.05, 0.1) is 4.92 Å². The van der Waals surface area contributed by atoms with Crippen molar-refractivity contribution in [3.8, 4) is 11.5 Å². The summed E-state index contributed by atoms with van der Waals surface area (Å²) in [5.74, 6) is 1.73. The molecule has 8 nitrogen and oxygen atoms in total. The zero-order valence-electron chi connectivity index (χ0n) is 19.3. The fourth-order valence-corrected chi connectivity index (χ4v) is 5.52. The molecular formula is C26H31N5O3.